The zero-order chi connectivity index (χ0) is 8.57. The van der Waals surface area contributed by atoms with E-state index in [-0.39, 0.29) is 12.6 Å². The summed E-state index contributed by atoms with van der Waals surface area (Å²) in [5, 5.41) is 7.57. The predicted molar refractivity (Wildman–Crippen MR) is 39.6 cm³/mol. The Morgan fingerprint density at radius 1 is 1.70 bits per heavy atom. The van der Waals surface area contributed by atoms with Crippen molar-refractivity contribution in [1.29, 1.82) is 0 Å². The normalized spacial score (nSPS) is 7.20. The van der Waals surface area contributed by atoms with E-state index < -0.39 is 0 Å². The molecule has 0 aromatic rings. The van der Waals surface area contributed by atoms with Gasteiger partial charge in [-0.25, -0.2) is 4.79 Å². The maximum atomic E-state index is 10.2. The van der Waals surface area contributed by atoms with Gasteiger partial charge in [0.2, 0.25) is 0 Å². The van der Waals surface area contributed by atoms with Crippen molar-refractivity contribution in [3.63, 3.8) is 0 Å². The number of hydrogen-bond acceptors (Lipinski definition) is 3. The molecule has 1 N–H and O–H groups in total. The number of carbonyl (C=O) groups is 1. The molecule has 0 atom stereocenters. The van der Waals surface area contributed by atoms with Gasteiger partial charge in [0.15, 0.2) is 0 Å². The second kappa shape index (κ2) is 8.17. The van der Waals surface area contributed by atoms with Crippen molar-refractivity contribution in [3.8, 4) is 0 Å². The Morgan fingerprint density at radius 3 is 2.00 bits per heavy atom. The van der Waals surface area contributed by atoms with Crippen molar-refractivity contribution < 1.29 is 14.6 Å². The molecule has 0 saturated heterocycles. The molecule has 0 fully saturated rings. The van der Waals surface area contributed by atoms with E-state index in [2.05, 4.69) is 11.3 Å². The van der Waals surface area contributed by atoms with Gasteiger partial charge in [-0.3, -0.25) is 0 Å². The number of carbonyl (C=O) groups excluding carboxylic acids is 1. The third-order valence-electron chi connectivity index (χ3n) is 0.534. The van der Waals surface area contributed by atoms with Gasteiger partial charge in [-0.1, -0.05) is 6.58 Å². The Morgan fingerprint density at radius 2 is 2.00 bits per heavy atom. The zero-order valence-corrected chi connectivity index (χ0v) is 6.68. The largest absolute Gasteiger partial charge is 0.466 e. The lowest BCUT2D eigenvalue weighted by Crippen LogP contribution is -1.98. The van der Waals surface area contributed by atoms with E-state index in [1.165, 1.54) is 7.11 Å². The second-order valence-electron chi connectivity index (χ2n) is 1.59. The van der Waals surface area contributed by atoms with E-state index in [4.69, 9.17) is 5.11 Å². The first-order valence-corrected chi connectivity index (χ1v) is 2.94. The molecule has 0 aliphatic rings. The van der Waals surface area contributed by atoms with Crippen LogP contribution in [0.2, 0.25) is 0 Å². The van der Waals surface area contributed by atoms with Gasteiger partial charge in [0.25, 0.3) is 0 Å². The Kier molecular flexibility index (Phi) is 9.73. The highest BCUT2D eigenvalue weighted by molar-refractivity contribution is 5.86. The van der Waals surface area contributed by atoms with Crippen LogP contribution >= 0.6 is 0 Å². The van der Waals surface area contributed by atoms with Crippen LogP contribution in [0.3, 0.4) is 0 Å². The lowest BCUT2D eigenvalue weighted by Gasteiger charge is -1.91. The molecule has 10 heavy (non-hydrogen) atoms. The summed E-state index contributed by atoms with van der Waals surface area (Å²) in [5.41, 5.74) is 0.433. The van der Waals surface area contributed by atoms with Gasteiger partial charge < -0.3 is 9.84 Å². The maximum absolute atomic E-state index is 10.2. The Bertz CT molecular complexity index is 107. The molecule has 0 spiro atoms. The minimum Gasteiger partial charge on any atom is -0.466 e. The van der Waals surface area contributed by atoms with Crippen molar-refractivity contribution in [3.05, 3.63) is 12.2 Å². The molecule has 0 heterocycles. The SMILES string of the molecule is C=C(C)C(=O)OC.CCO. The molecule has 0 radical (unpaired) electrons. The molecule has 0 aromatic carbocycles. The molecule has 0 saturated carbocycles. The summed E-state index contributed by atoms with van der Waals surface area (Å²) in [7, 11) is 1.33. The summed E-state index contributed by atoms with van der Waals surface area (Å²) in [4.78, 5) is 10.2. The molecule has 0 bridgehead atoms. The molecule has 0 amide bonds. The highest BCUT2D eigenvalue weighted by atomic mass is 16.5. The summed E-state index contributed by atoms with van der Waals surface area (Å²) in [6.45, 7) is 6.88. The van der Waals surface area contributed by atoms with Crippen LogP contribution in [0, 0.1) is 0 Å². The topological polar surface area (TPSA) is 46.5 Å². The first-order chi connectivity index (χ1) is 4.59. The molecular formula is C7H14O3. The second-order valence-corrected chi connectivity index (χ2v) is 1.59. The minimum atomic E-state index is -0.347. The molecule has 0 rings (SSSR count). The molecular weight excluding hydrogens is 132 g/mol. The van der Waals surface area contributed by atoms with Crippen LogP contribution in [0.25, 0.3) is 0 Å². The van der Waals surface area contributed by atoms with Crippen molar-refractivity contribution in [2.45, 2.75) is 13.8 Å². The maximum Gasteiger partial charge on any atom is 0.332 e. The average Bonchev–Trinajstić information content (AvgIpc) is 1.88. The van der Waals surface area contributed by atoms with Crippen LogP contribution in [0.4, 0.5) is 0 Å². The van der Waals surface area contributed by atoms with E-state index in [1.807, 2.05) is 0 Å². The molecule has 0 aliphatic carbocycles. The third kappa shape index (κ3) is 10.2. The summed E-state index contributed by atoms with van der Waals surface area (Å²) in [5.74, 6) is -0.347. The predicted octanol–water partition coefficient (Wildman–Crippen LogP) is 0.734. The number of methoxy groups -OCH3 is 1. The lowest BCUT2D eigenvalue weighted by molar-refractivity contribution is -0.136. The van der Waals surface area contributed by atoms with Gasteiger partial charge in [0.05, 0.1) is 7.11 Å². The molecule has 0 aliphatic heterocycles. The number of aliphatic hydroxyl groups is 1. The Balaban J connectivity index is 0. The summed E-state index contributed by atoms with van der Waals surface area (Å²) in [6, 6.07) is 0. The quantitative estimate of drug-likeness (QED) is 0.438. The first-order valence-electron chi connectivity index (χ1n) is 2.94. The molecule has 0 unspecified atom stereocenters. The highest BCUT2D eigenvalue weighted by Gasteiger charge is 1.95. The Hall–Kier alpha value is -0.830. The third-order valence-corrected chi connectivity index (χ3v) is 0.534. The number of rotatable bonds is 1. The fourth-order valence-corrected chi connectivity index (χ4v) is 0.174. The van der Waals surface area contributed by atoms with Crippen molar-refractivity contribution >= 4 is 5.97 Å². The average molecular weight is 146 g/mol. The minimum absolute atomic E-state index is 0.250. The van der Waals surface area contributed by atoms with Gasteiger partial charge >= 0.3 is 5.97 Å². The van der Waals surface area contributed by atoms with E-state index in [1.54, 1.807) is 13.8 Å². The van der Waals surface area contributed by atoms with Crippen molar-refractivity contribution in [2.24, 2.45) is 0 Å². The smallest absolute Gasteiger partial charge is 0.332 e. The first kappa shape index (κ1) is 11.9. The fourth-order valence-electron chi connectivity index (χ4n) is 0.174. The van der Waals surface area contributed by atoms with Gasteiger partial charge in [-0.2, -0.15) is 0 Å². The fraction of sp³-hybridized carbons (Fsp3) is 0.571. The number of esters is 1. The molecule has 60 valence electrons. The molecule has 0 aromatic heterocycles. The summed E-state index contributed by atoms with van der Waals surface area (Å²) >= 11 is 0. The van der Waals surface area contributed by atoms with E-state index >= 15 is 0 Å². The highest BCUT2D eigenvalue weighted by Crippen LogP contribution is 1.87. The van der Waals surface area contributed by atoms with E-state index in [0.29, 0.717) is 5.57 Å². The van der Waals surface area contributed by atoms with Crippen LogP contribution in [-0.2, 0) is 9.53 Å². The van der Waals surface area contributed by atoms with Crippen LogP contribution in [0.15, 0.2) is 12.2 Å². The van der Waals surface area contributed by atoms with Crippen LogP contribution in [-0.4, -0.2) is 24.8 Å². The van der Waals surface area contributed by atoms with Crippen LogP contribution < -0.4 is 0 Å². The van der Waals surface area contributed by atoms with Gasteiger partial charge in [0.1, 0.15) is 0 Å². The van der Waals surface area contributed by atoms with Crippen molar-refractivity contribution in [1.82, 2.24) is 0 Å². The number of ether oxygens (including phenoxy) is 1. The summed E-state index contributed by atoms with van der Waals surface area (Å²) < 4.78 is 4.27. The molecule has 3 nitrogen and oxygen atoms in total. The standard InChI is InChI=1S/C5H8O2.C2H6O/c1-4(2)5(6)7-3;1-2-3/h1H2,2-3H3;3H,2H2,1H3. The van der Waals surface area contributed by atoms with E-state index in [9.17, 15) is 4.79 Å². The van der Waals surface area contributed by atoms with Gasteiger partial charge in [-0.15, -0.1) is 0 Å². The van der Waals surface area contributed by atoms with Crippen LogP contribution in [0.1, 0.15) is 13.8 Å². The zero-order valence-electron chi connectivity index (χ0n) is 6.68. The number of aliphatic hydroxyl groups excluding tert-OH is 1. The molecule has 3 heteroatoms. The van der Waals surface area contributed by atoms with E-state index in [0.717, 1.165) is 0 Å². The Labute approximate surface area is 61.3 Å². The lowest BCUT2D eigenvalue weighted by atomic mass is 10.4. The number of hydrogen-bond donors (Lipinski definition) is 1. The van der Waals surface area contributed by atoms with Crippen molar-refractivity contribution in [2.75, 3.05) is 13.7 Å². The monoisotopic (exact) mass is 146 g/mol. The van der Waals surface area contributed by atoms with Crippen LogP contribution in [0.5, 0.6) is 0 Å². The van der Waals surface area contributed by atoms with Gasteiger partial charge in [-0.05, 0) is 13.8 Å². The van der Waals surface area contributed by atoms with Gasteiger partial charge in [0, 0.05) is 12.2 Å². The summed E-state index contributed by atoms with van der Waals surface area (Å²) in [6.07, 6.45) is 0.